The van der Waals surface area contributed by atoms with E-state index in [4.69, 9.17) is 28.2 Å². The zero-order valence-corrected chi connectivity index (χ0v) is 14.4. The minimum atomic E-state index is 0.573. The maximum atomic E-state index is 6.18. The summed E-state index contributed by atoms with van der Waals surface area (Å²) < 4.78 is 2.35. The van der Waals surface area contributed by atoms with Crippen LogP contribution in [0.25, 0.3) is 16.2 Å². The molecule has 22 heavy (non-hydrogen) atoms. The smallest absolute Gasteiger partial charge is 0.194 e. The molecule has 2 aromatic heterocycles. The Morgan fingerprint density at radius 3 is 2.95 bits per heavy atom. The molecule has 0 aliphatic carbocycles. The lowest BCUT2D eigenvalue weighted by atomic mass is 10.1. The van der Waals surface area contributed by atoms with Gasteiger partial charge in [-0.25, -0.2) is 4.98 Å². The molecule has 114 valence electrons. The fraction of sp³-hybridized carbons (Fsp3) is 0.312. The van der Waals surface area contributed by atoms with Gasteiger partial charge < -0.3 is 5.32 Å². The number of hydrogen-bond donors (Lipinski definition) is 1. The standard InChI is InChI=1S/C16H15Cl2N3S/c1-2-12-15(9-3-4-10(17)11(18)7-9)20-16-21(12)13-5-6-19-8-14(13)22-16/h3-4,7,19H,2,5-6,8H2,1H3. The number of nitrogens with one attached hydrogen (secondary N) is 1. The van der Waals surface area contributed by atoms with E-state index in [0.29, 0.717) is 10.0 Å². The van der Waals surface area contributed by atoms with Gasteiger partial charge in [-0.2, -0.15) is 0 Å². The van der Waals surface area contributed by atoms with Gasteiger partial charge in [-0.05, 0) is 18.6 Å². The summed E-state index contributed by atoms with van der Waals surface area (Å²) >= 11 is 14.0. The molecule has 3 heterocycles. The predicted molar refractivity (Wildman–Crippen MR) is 93.3 cm³/mol. The third-order valence-corrected chi connectivity index (χ3v) is 5.92. The van der Waals surface area contributed by atoms with E-state index in [2.05, 4.69) is 16.6 Å². The molecule has 6 heteroatoms. The monoisotopic (exact) mass is 351 g/mol. The highest BCUT2D eigenvalue weighted by Gasteiger charge is 2.22. The summed E-state index contributed by atoms with van der Waals surface area (Å²) in [6.07, 6.45) is 1.99. The Kier molecular flexibility index (Phi) is 3.65. The summed E-state index contributed by atoms with van der Waals surface area (Å²) in [5.74, 6) is 0. The second kappa shape index (κ2) is 5.53. The van der Waals surface area contributed by atoms with Crippen LogP contribution in [0.5, 0.6) is 0 Å². The van der Waals surface area contributed by atoms with Crippen molar-refractivity contribution in [1.29, 1.82) is 0 Å². The summed E-state index contributed by atoms with van der Waals surface area (Å²) in [7, 11) is 0. The summed E-state index contributed by atoms with van der Waals surface area (Å²) in [5.41, 5.74) is 4.72. The molecule has 0 fully saturated rings. The number of halogens is 2. The molecule has 0 bridgehead atoms. The van der Waals surface area contributed by atoms with Crippen molar-refractivity contribution in [1.82, 2.24) is 14.7 Å². The van der Waals surface area contributed by atoms with Gasteiger partial charge in [0.1, 0.15) is 0 Å². The third kappa shape index (κ3) is 2.17. The average Bonchev–Trinajstić information content (AvgIpc) is 3.05. The van der Waals surface area contributed by atoms with E-state index in [1.807, 2.05) is 18.2 Å². The van der Waals surface area contributed by atoms with Gasteiger partial charge in [0, 0.05) is 35.6 Å². The molecule has 1 aromatic carbocycles. The Balaban J connectivity index is 1.94. The first kappa shape index (κ1) is 14.5. The fourth-order valence-corrected chi connectivity index (χ4v) is 4.52. The third-order valence-electron chi connectivity index (χ3n) is 4.10. The highest BCUT2D eigenvalue weighted by atomic mass is 35.5. The summed E-state index contributed by atoms with van der Waals surface area (Å²) in [4.78, 5) is 7.36. The summed E-state index contributed by atoms with van der Waals surface area (Å²) in [5, 5.41) is 4.58. The van der Waals surface area contributed by atoms with E-state index in [1.165, 1.54) is 16.3 Å². The van der Waals surface area contributed by atoms with Crippen LogP contribution >= 0.6 is 34.5 Å². The molecule has 0 amide bonds. The Labute approximate surface area is 142 Å². The molecule has 0 saturated carbocycles. The van der Waals surface area contributed by atoms with Crippen LogP contribution in [0, 0.1) is 0 Å². The maximum Gasteiger partial charge on any atom is 0.194 e. The molecule has 1 aliphatic heterocycles. The van der Waals surface area contributed by atoms with Crippen LogP contribution in [0.4, 0.5) is 0 Å². The number of aromatic nitrogens is 2. The Morgan fingerprint density at radius 1 is 1.32 bits per heavy atom. The lowest BCUT2D eigenvalue weighted by Gasteiger charge is -2.13. The van der Waals surface area contributed by atoms with Crippen molar-refractivity contribution in [3.8, 4) is 11.3 Å². The van der Waals surface area contributed by atoms with Crippen LogP contribution in [0.3, 0.4) is 0 Å². The predicted octanol–water partition coefficient (Wildman–Crippen LogP) is 4.58. The number of thiazole rings is 1. The van der Waals surface area contributed by atoms with Crippen molar-refractivity contribution >= 4 is 39.5 Å². The average molecular weight is 352 g/mol. The highest BCUT2D eigenvalue weighted by molar-refractivity contribution is 7.17. The van der Waals surface area contributed by atoms with Crippen molar-refractivity contribution in [2.45, 2.75) is 26.3 Å². The van der Waals surface area contributed by atoms with E-state index in [-0.39, 0.29) is 0 Å². The number of benzene rings is 1. The van der Waals surface area contributed by atoms with Gasteiger partial charge in [-0.1, -0.05) is 47.5 Å². The van der Waals surface area contributed by atoms with Gasteiger partial charge in [0.15, 0.2) is 4.96 Å². The zero-order valence-electron chi connectivity index (χ0n) is 12.1. The Morgan fingerprint density at radius 2 is 2.18 bits per heavy atom. The molecular weight excluding hydrogens is 337 g/mol. The van der Waals surface area contributed by atoms with E-state index in [1.54, 1.807) is 11.3 Å². The van der Waals surface area contributed by atoms with Gasteiger partial charge in [-0.15, -0.1) is 0 Å². The lowest BCUT2D eigenvalue weighted by molar-refractivity contribution is 0.635. The van der Waals surface area contributed by atoms with Crippen LogP contribution in [0.2, 0.25) is 10.0 Å². The van der Waals surface area contributed by atoms with Gasteiger partial charge in [0.05, 0.1) is 21.4 Å². The first-order chi connectivity index (χ1) is 10.7. The van der Waals surface area contributed by atoms with E-state index >= 15 is 0 Å². The molecule has 0 atom stereocenters. The SMILES string of the molecule is CCc1c(-c2ccc(Cl)c(Cl)c2)nc2sc3c(n12)CCNC3. The Bertz CT molecular complexity index is 866. The van der Waals surface area contributed by atoms with Crippen LogP contribution < -0.4 is 5.32 Å². The van der Waals surface area contributed by atoms with Gasteiger partial charge >= 0.3 is 0 Å². The number of fused-ring (bicyclic) bond motifs is 3. The number of nitrogens with zero attached hydrogens (tertiary/aromatic N) is 2. The molecular formula is C16H15Cl2N3S. The molecule has 1 aliphatic rings. The van der Waals surface area contributed by atoms with Crippen molar-refractivity contribution < 1.29 is 0 Å². The first-order valence-electron chi connectivity index (χ1n) is 7.37. The highest BCUT2D eigenvalue weighted by Crippen LogP contribution is 2.35. The normalized spacial score (nSPS) is 14.5. The van der Waals surface area contributed by atoms with E-state index in [9.17, 15) is 0 Å². The van der Waals surface area contributed by atoms with E-state index in [0.717, 1.165) is 42.1 Å². The molecule has 1 N–H and O–H groups in total. The molecule has 3 nitrogen and oxygen atoms in total. The van der Waals surface area contributed by atoms with Crippen molar-refractivity contribution in [2.24, 2.45) is 0 Å². The van der Waals surface area contributed by atoms with Gasteiger partial charge in [0.25, 0.3) is 0 Å². The van der Waals surface area contributed by atoms with Crippen LogP contribution in [0.1, 0.15) is 23.2 Å². The fourth-order valence-electron chi connectivity index (χ4n) is 3.07. The second-order valence-corrected chi connectivity index (χ2v) is 7.28. The molecule has 3 aromatic rings. The summed E-state index contributed by atoms with van der Waals surface area (Å²) in [6.45, 7) is 4.16. The number of imidazole rings is 1. The molecule has 0 spiro atoms. The minimum absolute atomic E-state index is 0.573. The number of hydrogen-bond acceptors (Lipinski definition) is 3. The molecule has 0 unspecified atom stereocenters. The van der Waals surface area contributed by atoms with Crippen LogP contribution in [-0.4, -0.2) is 15.9 Å². The van der Waals surface area contributed by atoms with Gasteiger partial charge in [-0.3, -0.25) is 4.40 Å². The molecule has 0 radical (unpaired) electrons. The molecule has 0 saturated heterocycles. The van der Waals surface area contributed by atoms with Crippen molar-refractivity contribution in [2.75, 3.05) is 6.54 Å². The lowest BCUT2D eigenvalue weighted by Crippen LogP contribution is -2.23. The first-order valence-corrected chi connectivity index (χ1v) is 8.94. The second-order valence-electron chi connectivity index (χ2n) is 5.41. The zero-order chi connectivity index (χ0) is 15.3. The van der Waals surface area contributed by atoms with E-state index < -0.39 is 0 Å². The van der Waals surface area contributed by atoms with Crippen molar-refractivity contribution in [3.63, 3.8) is 0 Å². The molecule has 4 rings (SSSR count). The minimum Gasteiger partial charge on any atom is -0.311 e. The summed E-state index contributed by atoms with van der Waals surface area (Å²) in [6, 6.07) is 5.74. The topological polar surface area (TPSA) is 29.3 Å². The number of rotatable bonds is 2. The number of aryl methyl sites for hydroxylation is 1. The Hall–Kier alpha value is -1.07. The largest absolute Gasteiger partial charge is 0.311 e. The maximum absolute atomic E-state index is 6.18. The van der Waals surface area contributed by atoms with Crippen LogP contribution in [0.15, 0.2) is 18.2 Å². The van der Waals surface area contributed by atoms with Crippen LogP contribution in [-0.2, 0) is 19.4 Å². The van der Waals surface area contributed by atoms with Gasteiger partial charge in [0.2, 0.25) is 0 Å². The quantitative estimate of drug-likeness (QED) is 0.732. The van der Waals surface area contributed by atoms with Crippen molar-refractivity contribution in [3.05, 3.63) is 44.5 Å².